The smallest absolute Gasteiger partial charge is 0.253 e. The molecule has 1 aliphatic heterocycles. The molecule has 9 heteroatoms. The fourth-order valence-electron chi connectivity index (χ4n) is 5.66. The Morgan fingerprint density at radius 1 is 1.13 bits per heavy atom. The summed E-state index contributed by atoms with van der Waals surface area (Å²) in [6.45, 7) is 5.15. The number of hydrogen-bond donors (Lipinski definition) is 2. The summed E-state index contributed by atoms with van der Waals surface area (Å²) in [7, 11) is -3.61. The Labute approximate surface area is 183 Å². The predicted octanol–water partition coefficient (Wildman–Crippen LogP) is 1.45. The van der Waals surface area contributed by atoms with Crippen LogP contribution in [-0.2, 0) is 14.8 Å². The zero-order valence-corrected chi connectivity index (χ0v) is 18.9. The molecule has 1 heterocycles. The molecule has 0 radical (unpaired) electrons. The van der Waals surface area contributed by atoms with Gasteiger partial charge in [0.2, 0.25) is 10.0 Å². The number of fused-ring (bicyclic) bond motifs is 2. The van der Waals surface area contributed by atoms with Crippen molar-refractivity contribution >= 4 is 27.5 Å². The molecule has 3 fully saturated rings. The summed E-state index contributed by atoms with van der Waals surface area (Å²) in [4.78, 5) is 27.2. The predicted molar refractivity (Wildman–Crippen MR) is 117 cm³/mol. The molecule has 1 aromatic rings. The van der Waals surface area contributed by atoms with E-state index in [0.29, 0.717) is 37.1 Å². The van der Waals surface area contributed by atoms with Crippen molar-refractivity contribution < 1.29 is 18.0 Å². The topological polar surface area (TPSA) is 125 Å². The molecule has 2 saturated carbocycles. The van der Waals surface area contributed by atoms with Crippen LogP contribution in [0.2, 0.25) is 0 Å². The Hall–Kier alpha value is -2.26. The molecule has 0 spiro atoms. The lowest BCUT2D eigenvalue weighted by Gasteiger charge is -2.39. The Morgan fingerprint density at radius 3 is 2.19 bits per heavy atom. The van der Waals surface area contributed by atoms with Gasteiger partial charge in [-0.15, -0.1) is 0 Å². The molecule has 3 aliphatic rings. The van der Waals surface area contributed by atoms with Crippen LogP contribution >= 0.6 is 0 Å². The first-order valence-electron chi connectivity index (χ1n) is 10.7. The number of nitrogen functional groups attached to an aromatic ring is 1. The second-order valence-electron chi connectivity index (χ2n) is 9.61. The van der Waals surface area contributed by atoms with Crippen LogP contribution in [-0.4, -0.2) is 67.1 Å². The second-order valence-corrected chi connectivity index (χ2v) is 11.6. The van der Waals surface area contributed by atoms with E-state index < -0.39 is 15.4 Å². The largest absolute Gasteiger partial charge is 0.384 e. The number of carbonyl (C=O) groups is 2. The summed E-state index contributed by atoms with van der Waals surface area (Å²) in [6, 6.07) is 6.52. The minimum atomic E-state index is -3.61. The summed E-state index contributed by atoms with van der Waals surface area (Å²) < 4.78 is 27.9. The van der Waals surface area contributed by atoms with Crippen LogP contribution in [0.5, 0.6) is 0 Å². The van der Waals surface area contributed by atoms with Crippen molar-refractivity contribution in [1.82, 2.24) is 9.21 Å². The fraction of sp³-hybridized carbons (Fsp3) is 0.591. The van der Waals surface area contributed by atoms with E-state index in [2.05, 4.69) is 0 Å². The summed E-state index contributed by atoms with van der Waals surface area (Å²) in [5.41, 5.74) is 5.41. The number of amidine groups is 1. The molecule has 168 valence electrons. The van der Waals surface area contributed by atoms with Crippen molar-refractivity contribution in [3.05, 3.63) is 35.4 Å². The van der Waals surface area contributed by atoms with Crippen LogP contribution in [0, 0.1) is 22.2 Å². The molecule has 1 amide bonds. The number of Topliss-reactive ketones (excluding diaryl/α,β-unsaturated/α-hetero) is 1. The lowest BCUT2D eigenvalue weighted by molar-refractivity contribution is -0.128. The Kier molecular flexibility index (Phi) is 5.25. The maximum atomic E-state index is 13.2. The van der Waals surface area contributed by atoms with Gasteiger partial charge in [-0.2, -0.15) is 4.31 Å². The Balaban J connectivity index is 1.42. The van der Waals surface area contributed by atoms with Gasteiger partial charge in [-0.25, -0.2) is 8.42 Å². The number of nitrogens with zero attached hydrogens (tertiary/aromatic N) is 2. The molecular weight excluding hydrogens is 416 g/mol. The fourth-order valence-corrected chi connectivity index (χ4v) is 7.86. The Morgan fingerprint density at radius 2 is 1.71 bits per heavy atom. The van der Waals surface area contributed by atoms with E-state index >= 15 is 0 Å². The molecule has 0 aromatic heterocycles. The maximum Gasteiger partial charge on any atom is 0.253 e. The van der Waals surface area contributed by atoms with Crippen LogP contribution in [0.15, 0.2) is 24.3 Å². The lowest BCUT2D eigenvalue weighted by atomic mass is 9.70. The van der Waals surface area contributed by atoms with E-state index in [4.69, 9.17) is 11.1 Å². The monoisotopic (exact) mass is 446 g/mol. The molecule has 31 heavy (non-hydrogen) atoms. The highest BCUT2D eigenvalue weighted by atomic mass is 32.2. The average molecular weight is 447 g/mol. The zero-order valence-electron chi connectivity index (χ0n) is 18.1. The molecule has 2 bridgehead atoms. The number of amides is 1. The average Bonchev–Trinajstić information content (AvgIpc) is 3.07. The van der Waals surface area contributed by atoms with Crippen LogP contribution in [0.3, 0.4) is 0 Å². The molecule has 2 atom stereocenters. The first kappa shape index (κ1) is 22.0. The van der Waals surface area contributed by atoms with Crippen molar-refractivity contribution in [2.75, 3.05) is 31.9 Å². The first-order valence-corrected chi connectivity index (χ1v) is 12.3. The van der Waals surface area contributed by atoms with E-state index in [1.165, 1.54) is 4.31 Å². The third kappa shape index (κ3) is 3.47. The third-order valence-corrected chi connectivity index (χ3v) is 9.94. The van der Waals surface area contributed by atoms with E-state index in [-0.39, 0.29) is 47.7 Å². The van der Waals surface area contributed by atoms with Crippen molar-refractivity contribution in [1.29, 1.82) is 5.41 Å². The van der Waals surface area contributed by atoms with Crippen LogP contribution in [0.4, 0.5) is 0 Å². The number of sulfonamides is 1. The number of nitrogens with two attached hydrogens (primary N) is 1. The number of benzene rings is 1. The van der Waals surface area contributed by atoms with Crippen LogP contribution in [0.1, 0.15) is 49.0 Å². The molecular formula is C22H30N4O4S. The van der Waals surface area contributed by atoms with Gasteiger partial charge in [0.05, 0.1) is 5.75 Å². The van der Waals surface area contributed by atoms with Gasteiger partial charge in [0.1, 0.15) is 11.6 Å². The highest BCUT2D eigenvalue weighted by Crippen LogP contribution is 2.64. The van der Waals surface area contributed by atoms with Crippen molar-refractivity contribution in [3.8, 4) is 0 Å². The van der Waals surface area contributed by atoms with E-state index in [0.717, 1.165) is 6.42 Å². The lowest BCUT2D eigenvalue weighted by Crippen LogP contribution is -2.53. The van der Waals surface area contributed by atoms with Gasteiger partial charge < -0.3 is 10.6 Å². The highest BCUT2D eigenvalue weighted by Gasteiger charge is 2.65. The molecule has 4 rings (SSSR count). The minimum Gasteiger partial charge on any atom is -0.384 e. The summed E-state index contributed by atoms with van der Waals surface area (Å²) in [6.07, 6.45) is 2.06. The van der Waals surface area contributed by atoms with E-state index in [9.17, 15) is 18.0 Å². The number of piperazine rings is 1. The van der Waals surface area contributed by atoms with Crippen LogP contribution < -0.4 is 5.73 Å². The number of carbonyl (C=O) groups excluding carboxylic acids is 2. The Bertz CT molecular complexity index is 1030. The quantitative estimate of drug-likeness (QED) is 0.523. The van der Waals surface area contributed by atoms with E-state index in [1.54, 1.807) is 29.2 Å². The maximum absolute atomic E-state index is 13.2. The van der Waals surface area contributed by atoms with Gasteiger partial charge in [-0.3, -0.25) is 15.0 Å². The molecule has 2 aliphatic carbocycles. The van der Waals surface area contributed by atoms with Gasteiger partial charge in [-0.1, -0.05) is 26.0 Å². The summed E-state index contributed by atoms with van der Waals surface area (Å²) >= 11 is 0. The molecule has 1 aromatic carbocycles. The minimum absolute atomic E-state index is 0.0604. The first-order chi connectivity index (χ1) is 14.5. The van der Waals surface area contributed by atoms with Crippen molar-refractivity contribution in [2.24, 2.45) is 22.5 Å². The van der Waals surface area contributed by atoms with Gasteiger partial charge in [-0.05, 0) is 36.3 Å². The summed E-state index contributed by atoms with van der Waals surface area (Å²) in [5.74, 6) is 0.0217. The highest BCUT2D eigenvalue weighted by molar-refractivity contribution is 7.89. The van der Waals surface area contributed by atoms with Gasteiger partial charge in [0.25, 0.3) is 5.91 Å². The standard InChI is InChI=1S/C22H30N4O4S/c1-21(2)17-7-8-22(21,18(27)13-17)14-31(29,30)26-11-9-25(10-12-26)20(28)16-5-3-15(4-6-16)19(23)24/h3-6,17H,7-14H2,1-2H3,(H3,23,24). The number of ketones is 1. The van der Waals surface area contributed by atoms with E-state index in [1.807, 2.05) is 13.8 Å². The molecule has 8 nitrogen and oxygen atoms in total. The van der Waals surface area contributed by atoms with Crippen LogP contribution in [0.25, 0.3) is 0 Å². The molecule has 2 unspecified atom stereocenters. The van der Waals surface area contributed by atoms with Gasteiger partial charge in [0, 0.05) is 49.1 Å². The number of rotatable bonds is 5. The zero-order chi connectivity index (χ0) is 22.6. The number of hydrogen-bond acceptors (Lipinski definition) is 5. The third-order valence-electron chi connectivity index (χ3n) is 7.93. The van der Waals surface area contributed by atoms with Gasteiger partial charge in [0.15, 0.2) is 0 Å². The van der Waals surface area contributed by atoms with Crippen molar-refractivity contribution in [3.63, 3.8) is 0 Å². The molecule has 1 saturated heterocycles. The SMILES string of the molecule is CC1(C)C2CCC1(CS(=O)(=O)N1CCN(C(=O)c3ccc(C(=N)N)cc3)CC1)C(=O)C2. The normalized spacial score (nSPS) is 28.1. The van der Waals surface area contributed by atoms with Crippen molar-refractivity contribution in [2.45, 2.75) is 33.1 Å². The second kappa shape index (κ2) is 7.41. The van der Waals surface area contributed by atoms with Gasteiger partial charge >= 0.3 is 0 Å². The number of nitrogens with one attached hydrogen (secondary N) is 1. The summed E-state index contributed by atoms with van der Waals surface area (Å²) in [5, 5.41) is 7.44. The molecule has 3 N–H and O–H groups in total.